The van der Waals surface area contributed by atoms with Gasteiger partial charge in [-0.2, -0.15) is 0 Å². The van der Waals surface area contributed by atoms with Crippen LogP contribution in [0.4, 0.5) is 0 Å². The average Bonchev–Trinajstić information content (AvgIpc) is 1.51. The number of hydrogen-bond donors (Lipinski definition) is 0. The molecule has 0 unspecified atom stereocenters. The molecule has 0 aromatic heterocycles. The summed E-state index contributed by atoms with van der Waals surface area (Å²) in [5, 5.41) is -0.253. The van der Waals surface area contributed by atoms with E-state index >= 15 is 0 Å². The molecule has 1 aliphatic carbocycles. The highest BCUT2D eigenvalue weighted by Gasteiger charge is 2.38. The molecule has 1 aliphatic rings. The maximum atomic E-state index is 10.9. The highest BCUT2D eigenvalue weighted by molar-refractivity contribution is 7.91. The molecule has 0 spiro atoms. The van der Waals surface area contributed by atoms with Gasteiger partial charge < -0.3 is 0 Å². The van der Waals surface area contributed by atoms with Crippen LogP contribution < -0.4 is 0 Å². The van der Waals surface area contributed by atoms with E-state index in [1.54, 1.807) is 0 Å². The van der Waals surface area contributed by atoms with E-state index in [0.29, 0.717) is 12.8 Å². The second kappa shape index (κ2) is 2.59. The van der Waals surface area contributed by atoms with Crippen LogP contribution in [0.3, 0.4) is 0 Å². The zero-order valence-electron chi connectivity index (χ0n) is 6.70. The Labute approximate surface area is 66.7 Å². The molecule has 0 N–H and O–H groups in total. The second-order valence-electron chi connectivity index (χ2n) is 3.23. The molecule has 4 heteroatoms. The quantitative estimate of drug-likeness (QED) is 0.612. The van der Waals surface area contributed by atoms with E-state index in [2.05, 4.69) is 0 Å². The van der Waals surface area contributed by atoms with Gasteiger partial charge >= 0.3 is 0 Å². The van der Waals surface area contributed by atoms with Gasteiger partial charge in [-0.3, -0.25) is 4.79 Å². The predicted octanol–water partition coefficient (Wildman–Crippen LogP) is 0.399. The van der Waals surface area contributed by atoms with Gasteiger partial charge in [0.1, 0.15) is 15.6 Å². The maximum absolute atomic E-state index is 10.9. The molecule has 3 nitrogen and oxygen atoms in total. The largest absolute Gasteiger partial charge is 0.300 e. The predicted molar refractivity (Wildman–Crippen MR) is 42.0 cm³/mol. The summed E-state index contributed by atoms with van der Waals surface area (Å²) in [7, 11) is -2.88. The average molecular weight is 176 g/mol. The highest BCUT2D eigenvalue weighted by atomic mass is 32.2. The number of ketones is 1. The van der Waals surface area contributed by atoms with Gasteiger partial charge in [0.25, 0.3) is 0 Å². The van der Waals surface area contributed by atoms with Gasteiger partial charge in [-0.25, -0.2) is 8.42 Å². The number of Topliss-reactive ketones (excluding diaryl/α,β-unsaturated/α-hetero) is 1. The molecule has 0 atom stereocenters. The normalized spacial score (nSPS) is 31.1. The van der Waals surface area contributed by atoms with Crippen molar-refractivity contribution in [2.45, 2.75) is 25.0 Å². The minimum Gasteiger partial charge on any atom is -0.300 e. The van der Waals surface area contributed by atoms with Crippen molar-refractivity contribution in [1.82, 2.24) is 0 Å². The number of carbonyl (C=O) groups is 1. The minimum absolute atomic E-state index is 0.00900. The molecule has 1 fully saturated rings. The van der Waals surface area contributed by atoms with E-state index in [1.807, 2.05) is 0 Å². The fourth-order valence-electron chi connectivity index (χ4n) is 1.25. The molecule has 0 radical (unpaired) electrons. The number of carbonyl (C=O) groups excluding carboxylic acids is 1. The summed E-state index contributed by atoms with van der Waals surface area (Å²) < 4.78 is 21.7. The van der Waals surface area contributed by atoms with Gasteiger partial charge in [0.05, 0.1) is 5.25 Å². The lowest BCUT2D eigenvalue weighted by Gasteiger charge is -2.31. The lowest BCUT2D eigenvalue weighted by Crippen LogP contribution is -2.38. The van der Waals surface area contributed by atoms with Crippen LogP contribution in [-0.4, -0.2) is 25.7 Å². The van der Waals surface area contributed by atoms with Crippen molar-refractivity contribution in [3.8, 4) is 0 Å². The summed E-state index contributed by atoms with van der Waals surface area (Å²) in [4.78, 5) is 10.7. The molecule has 0 aromatic rings. The Morgan fingerprint density at radius 2 is 1.82 bits per heavy atom. The standard InChI is InChI=1S/C7H12O3S/c1-5(8)6-3-7(4-6)11(2,9)10/h6-7H,3-4H2,1-2H3/t6-,7-. The molecule has 1 saturated carbocycles. The minimum atomic E-state index is -2.88. The highest BCUT2D eigenvalue weighted by Crippen LogP contribution is 2.32. The molecule has 0 bridgehead atoms. The second-order valence-corrected chi connectivity index (χ2v) is 5.56. The lowest BCUT2D eigenvalue weighted by atomic mass is 9.82. The fraction of sp³-hybridized carbons (Fsp3) is 0.857. The van der Waals surface area contributed by atoms with Crippen molar-refractivity contribution in [3.05, 3.63) is 0 Å². The Balaban J connectivity index is 2.48. The topological polar surface area (TPSA) is 51.2 Å². The Morgan fingerprint density at radius 1 is 1.36 bits per heavy atom. The van der Waals surface area contributed by atoms with E-state index in [9.17, 15) is 13.2 Å². The first-order valence-corrected chi connectivity index (χ1v) is 5.56. The van der Waals surface area contributed by atoms with Crippen LogP contribution in [-0.2, 0) is 14.6 Å². The lowest BCUT2D eigenvalue weighted by molar-refractivity contribution is -0.122. The summed E-state index contributed by atoms with van der Waals surface area (Å²) in [6.07, 6.45) is 2.30. The van der Waals surface area contributed by atoms with Crippen molar-refractivity contribution >= 4 is 15.6 Å². The van der Waals surface area contributed by atoms with Gasteiger partial charge in [-0.15, -0.1) is 0 Å². The first-order chi connectivity index (χ1) is 4.91. The molecule has 0 aliphatic heterocycles. The van der Waals surface area contributed by atoms with Crippen LogP contribution in [0.15, 0.2) is 0 Å². The van der Waals surface area contributed by atoms with Crippen molar-refractivity contribution in [3.63, 3.8) is 0 Å². The third-order valence-electron chi connectivity index (χ3n) is 2.28. The number of hydrogen-bond acceptors (Lipinski definition) is 3. The van der Waals surface area contributed by atoms with E-state index in [-0.39, 0.29) is 17.0 Å². The van der Waals surface area contributed by atoms with Crippen LogP contribution in [0.25, 0.3) is 0 Å². The Kier molecular flexibility index (Phi) is 2.05. The Morgan fingerprint density at radius 3 is 2.09 bits per heavy atom. The van der Waals surface area contributed by atoms with Crippen LogP contribution in [0, 0.1) is 5.92 Å². The molecule has 64 valence electrons. The van der Waals surface area contributed by atoms with Crippen LogP contribution in [0.5, 0.6) is 0 Å². The fourth-order valence-corrected chi connectivity index (χ4v) is 2.41. The first-order valence-electron chi connectivity index (χ1n) is 3.60. The van der Waals surface area contributed by atoms with Crippen molar-refractivity contribution in [2.75, 3.05) is 6.26 Å². The maximum Gasteiger partial charge on any atom is 0.150 e. The smallest absolute Gasteiger partial charge is 0.150 e. The molecule has 11 heavy (non-hydrogen) atoms. The van der Waals surface area contributed by atoms with Crippen LogP contribution in [0.2, 0.25) is 0 Å². The summed E-state index contributed by atoms with van der Waals surface area (Å²) >= 11 is 0. The number of sulfone groups is 1. The van der Waals surface area contributed by atoms with Gasteiger partial charge in [0, 0.05) is 12.2 Å². The van der Waals surface area contributed by atoms with Crippen molar-refractivity contribution in [2.24, 2.45) is 5.92 Å². The summed E-state index contributed by atoms with van der Waals surface area (Å²) in [6, 6.07) is 0. The molecule has 1 rings (SSSR count). The van der Waals surface area contributed by atoms with E-state index < -0.39 is 9.84 Å². The summed E-state index contributed by atoms with van der Waals surface area (Å²) in [5.74, 6) is 0.125. The summed E-state index contributed by atoms with van der Waals surface area (Å²) in [5.41, 5.74) is 0. The SMILES string of the molecule is CC(=O)[C@H]1C[C@H](S(C)(=O)=O)C1. The molecule has 0 saturated heterocycles. The van der Waals surface area contributed by atoms with Gasteiger partial charge in [0.2, 0.25) is 0 Å². The molecular formula is C7H12O3S. The molecule has 0 heterocycles. The van der Waals surface area contributed by atoms with Crippen molar-refractivity contribution in [1.29, 1.82) is 0 Å². The summed E-state index contributed by atoms with van der Waals surface area (Å²) in [6.45, 7) is 1.52. The van der Waals surface area contributed by atoms with E-state index in [4.69, 9.17) is 0 Å². The van der Waals surface area contributed by atoms with E-state index in [1.165, 1.54) is 13.2 Å². The van der Waals surface area contributed by atoms with Crippen LogP contribution >= 0.6 is 0 Å². The third-order valence-corrected chi connectivity index (χ3v) is 3.87. The molecule has 0 amide bonds. The van der Waals surface area contributed by atoms with Gasteiger partial charge in [-0.1, -0.05) is 0 Å². The third kappa shape index (κ3) is 1.80. The number of rotatable bonds is 2. The molecular weight excluding hydrogens is 164 g/mol. The monoisotopic (exact) mass is 176 g/mol. The van der Waals surface area contributed by atoms with Gasteiger partial charge in [-0.05, 0) is 19.8 Å². The Hall–Kier alpha value is -0.380. The molecule has 0 aromatic carbocycles. The van der Waals surface area contributed by atoms with Gasteiger partial charge in [0.15, 0.2) is 0 Å². The zero-order valence-corrected chi connectivity index (χ0v) is 7.52. The Bertz CT molecular complexity index is 259. The first kappa shape index (κ1) is 8.71. The van der Waals surface area contributed by atoms with Crippen molar-refractivity contribution < 1.29 is 13.2 Å². The van der Waals surface area contributed by atoms with Crippen LogP contribution in [0.1, 0.15) is 19.8 Å². The zero-order chi connectivity index (χ0) is 8.65. The van der Waals surface area contributed by atoms with E-state index in [0.717, 1.165) is 0 Å².